The Hall–Kier alpha value is -3.54. The maximum atomic E-state index is 4.84. The van der Waals surface area contributed by atoms with Crippen LogP contribution in [0, 0.1) is 11.3 Å². The van der Waals surface area contributed by atoms with Crippen LogP contribution in [0.5, 0.6) is 0 Å². The van der Waals surface area contributed by atoms with Crippen molar-refractivity contribution in [2.45, 2.75) is 38.0 Å². The molecule has 34 heavy (non-hydrogen) atoms. The fraction of sp³-hybridized carbons (Fsp3) is 0.357. The summed E-state index contributed by atoms with van der Waals surface area (Å²) in [5.74, 6) is 2.34. The summed E-state index contributed by atoms with van der Waals surface area (Å²) in [6, 6.07) is 9.00. The van der Waals surface area contributed by atoms with Crippen molar-refractivity contribution in [2.75, 3.05) is 23.9 Å². The van der Waals surface area contributed by atoms with Crippen LogP contribution < -0.4 is 9.80 Å². The molecular weight excluding hydrogens is 420 g/mol. The molecule has 4 aliphatic heterocycles. The van der Waals surface area contributed by atoms with Gasteiger partial charge in [-0.15, -0.1) is 0 Å². The van der Waals surface area contributed by atoms with Crippen molar-refractivity contribution in [2.24, 2.45) is 11.3 Å². The second kappa shape index (κ2) is 5.74. The molecule has 0 saturated heterocycles. The number of anilines is 3. The number of hydrogen-bond acceptors (Lipinski definition) is 6. The molecule has 2 aromatic rings. The molecule has 0 N–H and O–H groups in total. The Morgan fingerprint density at radius 2 is 1.76 bits per heavy atom. The number of fused-ring (bicyclic) bond motifs is 15. The van der Waals surface area contributed by atoms with E-state index in [0.717, 1.165) is 18.1 Å². The number of allylic oxidation sites excluding steroid dienone is 4. The van der Waals surface area contributed by atoms with Gasteiger partial charge in [0.25, 0.3) is 0 Å². The highest BCUT2D eigenvalue weighted by Gasteiger charge is 2.74. The molecular formula is C28H28N6. The highest BCUT2D eigenvalue weighted by molar-refractivity contribution is 5.86. The summed E-state index contributed by atoms with van der Waals surface area (Å²) < 4.78 is 0. The predicted molar refractivity (Wildman–Crippen MR) is 133 cm³/mol. The molecule has 1 aromatic heterocycles. The number of hydrogen-bond donors (Lipinski definition) is 0. The number of nitrogens with zero attached hydrogens (tertiary/aromatic N) is 6. The van der Waals surface area contributed by atoms with E-state index in [1.165, 1.54) is 16.9 Å². The smallest absolute Gasteiger partial charge is 0.178 e. The van der Waals surface area contributed by atoms with Gasteiger partial charge in [-0.3, -0.25) is 0 Å². The third-order valence-corrected chi connectivity index (χ3v) is 9.63. The minimum atomic E-state index is -0.121. The minimum absolute atomic E-state index is 0.0825. The second-order valence-corrected chi connectivity index (χ2v) is 10.8. The Kier molecular flexibility index (Phi) is 3.18. The van der Waals surface area contributed by atoms with Crippen LogP contribution in [0.2, 0.25) is 0 Å². The van der Waals surface area contributed by atoms with Crippen molar-refractivity contribution in [1.29, 1.82) is 0 Å². The van der Waals surface area contributed by atoms with Crippen LogP contribution in [0.1, 0.15) is 25.8 Å². The van der Waals surface area contributed by atoms with Gasteiger partial charge in [0, 0.05) is 67.0 Å². The first kappa shape index (κ1) is 18.8. The van der Waals surface area contributed by atoms with Crippen LogP contribution in [-0.4, -0.2) is 46.2 Å². The molecule has 0 spiro atoms. The molecule has 4 unspecified atom stereocenters. The molecule has 5 heterocycles. The van der Waals surface area contributed by atoms with Crippen LogP contribution >= 0.6 is 0 Å². The SMILES string of the molecule is CN1C=CN2C3=CC=CC[C@@H]3C3=C(C12)C1(C)C2N(C)c4nccnc4N2c2ccccc2C31C. The zero-order chi connectivity index (χ0) is 23.0. The van der Waals surface area contributed by atoms with E-state index in [0.29, 0.717) is 5.92 Å². The summed E-state index contributed by atoms with van der Waals surface area (Å²) in [7, 11) is 4.41. The Balaban J connectivity index is 1.46. The Morgan fingerprint density at radius 1 is 0.971 bits per heavy atom. The summed E-state index contributed by atoms with van der Waals surface area (Å²) in [6.07, 6.45) is 16.4. The molecule has 5 atom stereocenters. The van der Waals surface area contributed by atoms with E-state index in [1.807, 2.05) is 12.4 Å². The van der Waals surface area contributed by atoms with Crippen LogP contribution in [-0.2, 0) is 5.41 Å². The van der Waals surface area contributed by atoms with E-state index in [1.54, 1.807) is 11.1 Å². The van der Waals surface area contributed by atoms with Gasteiger partial charge in [0.15, 0.2) is 11.6 Å². The summed E-state index contributed by atoms with van der Waals surface area (Å²) in [4.78, 5) is 19.4. The summed E-state index contributed by atoms with van der Waals surface area (Å²) in [6.45, 7) is 5.01. The number of benzene rings is 1. The fourth-order valence-corrected chi connectivity index (χ4v) is 8.20. The van der Waals surface area contributed by atoms with Crippen LogP contribution in [0.4, 0.5) is 17.3 Å². The van der Waals surface area contributed by atoms with E-state index in [-0.39, 0.29) is 23.2 Å². The van der Waals surface area contributed by atoms with Gasteiger partial charge < -0.3 is 19.6 Å². The van der Waals surface area contributed by atoms with Gasteiger partial charge in [0.1, 0.15) is 12.3 Å². The van der Waals surface area contributed by atoms with Gasteiger partial charge >= 0.3 is 0 Å². The summed E-state index contributed by atoms with van der Waals surface area (Å²) >= 11 is 0. The zero-order valence-electron chi connectivity index (χ0n) is 20.0. The highest BCUT2D eigenvalue weighted by atomic mass is 15.5. The average molecular weight is 449 g/mol. The molecule has 6 aliphatic rings. The maximum absolute atomic E-state index is 4.84. The molecule has 0 radical (unpaired) electrons. The summed E-state index contributed by atoms with van der Waals surface area (Å²) in [5, 5.41) is 0. The van der Waals surface area contributed by atoms with Gasteiger partial charge in [-0.2, -0.15) is 0 Å². The molecule has 2 aliphatic carbocycles. The topological polar surface area (TPSA) is 38.7 Å². The van der Waals surface area contributed by atoms with Gasteiger partial charge in [-0.1, -0.05) is 44.2 Å². The van der Waals surface area contributed by atoms with Gasteiger partial charge in [0.05, 0.1) is 0 Å². The Labute approximate surface area is 200 Å². The lowest BCUT2D eigenvalue weighted by atomic mass is 9.39. The highest BCUT2D eigenvalue weighted by Crippen LogP contribution is 2.75. The Morgan fingerprint density at radius 3 is 2.62 bits per heavy atom. The molecule has 0 saturated carbocycles. The maximum Gasteiger partial charge on any atom is 0.178 e. The normalized spacial score (nSPS) is 35.6. The van der Waals surface area contributed by atoms with Crippen molar-refractivity contribution in [3.05, 3.63) is 89.7 Å². The van der Waals surface area contributed by atoms with Crippen molar-refractivity contribution in [3.8, 4) is 0 Å². The van der Waals surface area contributed by atoms with Gasteiger partial charge in [-0.05, 0) is 35.3 Å². The van der Waals surface area contributed by atoms with E-state index in [2.05, 4.69) is 102 Å². The third-order valence-electron chi connectivity index (χ3n) is 9.63. The monoisotopic (exact) mass is 448 g/mol. The van der Waals surface area contributed by atoms with Crippen LogP contribution in [0.3, 0.4) is 0 Å². The molecule has 1 aromatic carbocycles. The Bertz CT molecular complexity index is 1400. The first-order valence-corrected chi connectivity index (χ1v) is 12.2. The first-order valence-electron chi connectivity index (χ1n) is 12.2. The molecule has 170 valence electrons. The number of likely N-dealkylation sites (N-methyl/N-ethyl adjacent to an activating group) is 1. The molecule has 6 heteroatoms. The lowest BCUT2D eigenvalue weighted by molar-refractivity contribution is 0.0485. The zero-order valence-corrected chi connectivity index (χ0v) is 20.0. The minimum Gasteiger partial charge on any atom is -0.355 e. The third kappa shape index (κ3) is 1.73. The van der Waals surface area contributed by atoms with E-state index in [4.69, 9.17) is 9.97 Å². The number of rotatable bonds is 0. The molecule has 8 rings (SSSR count). The van der Waals surface area contributed by atoms with Gasteiger partial charge in [0.2, 0.25) is 0 Å². The van der Waals surface area contributed by atoms with Crippen LogP contribution in [0.25, 0.3) is 0 Å². The first-order chi connectivity index (χ1) is 16.5. The van der Waals surface area contributed by atoms with Crippen molar-refractivity contribution in [1.82, 2.24) is 19.8 Å². The van der Waals surface area contributed by atoms with Crippen molar-refractivity contribution < 1.29 is 0 Å². The lowest BCUT2D eigenvalue weighted by Crippen LogP contribution is -2.74. The van der Waals surface area contributed by atoms with E-state index in [9.17, 15) is 0 Å². The summed E-state index contributed by atoms with van der Waals surface area (Å²) in [5.41, 5.74) is 7.10. The molecule has 0 bridgehead atoms. The van der Waals surface area contributed by atoms with Crippen molar-refractivity contribution >= 4 is 17.3 Å². The molecule has 0 fully saturated rings. The van der Waals surface area contributed by atoms with E-state index >= 15 is 0 Å². The largest absolute Gasteiger partial charge is 0.355 e. The predicted octanol–water partition coefficient (Wildman–Crippen LogP) is 4.50. The van der Waals surface area contributed by atoms with Crippen molar-refractivity contribution in [3.63, 3.8) is 0 Å². The molecule has 6 nitrogen and oxygen atoms in total. The number of para-hydroxylation sites is 1. The fourth-order valence-electron chi connectivity index (χ4n) is 8.20. The van der Waals surface area contributed by atoms with Gasteiger partial charge in [-0.25, -0.2) is 9.97 Å². The standard InChI is InChI=1S/C28H28N6/c1-27-18-10-6-8-12-20(18)34-24-23(29-13-14-30-24)32(4)26(34)28(27,2)22-21(27)17-9-5-7-11-19(17)33-16-15-31(3)25(22)33/h5-8,10-17,25-26H,9H2,1-4H3/t17-,25?,26?,27?,28?/m0/s1. The average Bonchev–Trinajstić information content (AvgIpc) is 3.39. The quantitative estimate of drug-likeness (QED) is 0.553. The second-order valence-electron chi connectivity index (χ2n) is 10.8. The number of aromatic nitrogens is 2. The molecule has 0 amide bonds. The van der Waals surface area contributed by atoms with E-state index < -0.39 is 0 Å². The van der Waals surface area contributed by atoms with Crippen LogP contribution in [0.15, 0.2) is 84.1 Å². The lowest BCUT2D eigenvalue weighted by Gasteiger charge is -2.71.